The summed E-state index contributed by atoms with van der Waals surface area (Å²) in [4.78, 5) is 3.91. The van der Waals surface area contributed by atoms with Gasteiger partial charge in [0, 0.05) is 18.8 Å². The Kier molecular flexibility index (Phi) is 2.83. The quantitative estimate of drug-likeness (QED) is 0.851. The summed E-state index contributed by atoms with van der Waals surface area (Å²) in [6, 6.07) is 0. The Bertz CT molecular complexity index is 468. The predicted molar refractivity (Wildman–Crippen MR) is 55.8 cm³/mol. The molecule has 0 saturated heterocycles. The largest absolute Gasteiger partial charge is 0.393 e. The molecule has 0 aliphatic rings. The molecule has 2 heterocycles. The molecule has 2 aromatic rings. The van der Waals surface area contributed by atoms with Gasteiger partial charge in [-0.05, 0) is 13.3 Å². The average molecular weight is 227 g/mol. The van der Waals surface area contributed by atoms with E-state index < -0.39 is 0 Å². The van der Waals surface area contributed by atoms with E-state index in [0.717, 1.165) is 5.82 Å². The molecule has 80 valence electrons. The predicted octanol–water partition coefficient (Wildman–Crippen LogP) is 1.09. The van der Waals surface area contributed by atoms with Crippen LogP contribution in [0.4, 0.5) is 0 Å². The highest BCUT2D eigenvalue weighted by atomic mass is 35.5. The zero-order chi connectivity index (χ0) is 10.8. The smallest absolute Gasteiger partial charge is 0.198 e. The van der Waals surface area contributed by atoms with E-state index in [9.17, 15) is 5.11 Å². The topological polar surface area (TPSA) is 63.3 Å². The first kappa shape index (κ1) is 10.3. The minimum Gasteiger partial charge on any atom is -0.393 e. The van der Waals surface area contributed by atoms with Crippen molar-refractivity contribution in [3.8, 4) is 0 Å². The Morgan fingerprint density at radius 3 is 3.07 bits per heavy atom. The first-order chi connectivity index (χ1) is 7.18. The van der Waals surface area contributed by atoms with Gasteiger partial charge in [-0.15, -0.1) is 10.2 Å². The van der Waals surface area contributed by atoms with Crippen LogP contribution in [0, 0.1) is 0 Å². The van der Waals surface area contributed by atoms with E-state index in [1.54, 1.807) is 23.7 Å². The van der Waals surface area contributed by atoms with Crippen molar-refractivity contribution in [2.24, 2.45) is 0 Å². The number of hydrogen-bond donors (Lipinski definition) is 1. The van der Waals surface area contributed by atoms with Crippen LogP contribution in [0.2, 0.25) is 5.15 Å². The average Bonchev–Trinajstić information content (AvgIpc) is 2.59. The number of halogens is 1. The van der Waals surface area contributed by atoms with Crippen LogP contribution in [-0.4, -0.2) is 30.8 Å². The summed E-state index contributed by atoms with van der Waals surface area (Å²) < 4.78 is 1.79. The lowest BCUT2D eigenvalue weighted by Crippen LogP contribution is -2.04. The molecular weight excluding hydrogens is 216 g/mol. The molecule has 2 aromatic heterocycles. The van der Waals surface area contributed by atoms with E-state index in [0.29, 0.717) is 23.6 Å². The molecule has 1 atom stereocenters. The first-order valence-corrected chi connectivity index (χ1v) is 5.08. The fourth-order valence-electron chi connectivity index (χ4n) is 1.35. The monoisotopic (exact) mass is 226 g/mol. The van der Waals surface area contributed by atoms with Gasteiger partial charge in [0.05, 0.1) is 6.10 Å². The molecule has 0 aliphatic heterocycles. The molecule has 1 unspecified atom stereocenters. The van der Waals surface area contributed by atoms with Gasteiger partial charge in [-0.1, -0.05) is 11.6 Å². The normalized spacial score (nSPS) is 13.3. The summed E-state index contributed by atoms with van der Waals surface area (Å²) in [6.07, 6.45) is 4.35. The molecule has 5 nitrogen and oxygen atoms in total. The molecule has 0 aliphatic carbocycles. The third kappa shape index (κ3) is 2.08. The van der Waals surface area contributed by atoms with Crippen molar-refractivity contribution >= 4 is 17.2 Å². The molecular formula is C9H11ClN4O. The maximum atomic E-state index is 9.18. The number of aliphatic hydroxyl groups is 1. The second kappa shape index (κ2) is 4.12. The van der Waals surface area contributed by atoms with Gasteiger partial charge in [0.15, 0.2) is 10.8 Å². The van der Waals surface area contributed by atoms with Crippen LogP contribution >= 0.6 is 11.6 Å². The van der Waals surface area contributed by atoms with E-state index in [1.165, 1.54) is 0 Å². The van der Waals surface area contributed by atoms with E-state index >= 15 is 0 Å². The maximum absolute atomic E-state index is 9.18. The highest BCUT2D eigenvalue weighted by molar-refractivity contribution is 6.32. The second-order valence-corrected chi connectivity index (χ2v) is 3.77. The minimum atomic E-state index is -0.338. The standard InChI is InChI=1S/C9H11ClN4O/c1-6(15)2-3-7-12-13-9-8(10)11-4-5-14(7)9/h4-6,15H,2-3H2,1H3. The lowest BCUT2D eigenvalue weighted by molar-refractivity contribution is 0.184. The lowest BCUT2D eigenvalue weighted by atomic mass is 10.2. The molecule has 1 N–H and O–H groups in total. The van der Waals surface area contributed by atoms with Gasteiger partial charge in [0.25, 0.3) is 0 Å². The summed E-state index contributed by atoms with van der Waals surface area (Å²) in [5.74, 6) is 0.787. The summed E-state index contributed by atoms with van der Waals surface area (Å²) in [5.41, 5.74) is 0.555. The van der Waals surface area contributed by atoms with Crippen molar-refractivity contribution in [2.75, 3.05) is 0 Å². The third-order valence-electron chi connectivity index (χ3n) is 2.14. The SMILES string of the molecule is CC(O)CCc1nnc2c(Cl)nccn12. The van der Waals surface area contributed by atoms with Crippen LogP contribution in [0.3, 0.4) is 0 Å². The number of aliphatic hydroxyl groups excluding tert-OH is 1. The van der Waals surface area contributed by atoms with Crippen LogP contribution < -0.4 is 0 Å². The van der Waals surface area contributed by atoms with Gasteiger partial charge in [-0.25, -0.2) is 4.98 Å². The lowest BCUT2D eigenvalue weighted by Gasteiger charge is -2.02. The van der Waals surface area contributed by atoms with Crippen molar-refractivity contribution in [1.29, 1.82) is 0 Å². The summed E-state index contributed by atoms with van der Waals surface area (Å²) in [5, 5.41) is 17.5. The number of fused-ring (bicyclic) bond motifs is 1. The van der Waals surface area contributed by atoms with Gasteiger partial charge < -0.3 is 5.11 Å². The van der Waals surface area contributed by atoms with Crippen LogP contribution in [0.25, 0.3) is 5.65 Å². The molecule has 15 heavy (non-hydrogen) atoms. The number of aryl methyl sites for hydroxylation is 1. The highest BCUT2D eigenvalue weighted by Crippen LogP contribution is 2.13. The minimum absolute atomic E-state index is 0.338. The number of hydrogen-bond acceptors (Lipinski definition) is 4. The Hall–Kier alpha value is -1.20. The molecule has 0 spiro atoms. The Balaban J connectivity index is 2.33. The second-order valence-electron chi connectivity index (χ2n) is 3.42. The molecule has 2 rings (SSSR count). The van der Waals surface area contributed by atoms with E-state index in [2.05, 4.69) is 15.2 Å². The van der Waals surface area contributed by atoms with Crippen LogP contribution in [0.5, 0.6) is 0 Å². The van der Waals surface area contributed by atoms with E-state index in [-0.39, 0.29) is 6.10 Å². The zero-order valence-electron chi connectivity index (χ0n) is 8.26. The van der Waals surface area contributed by atoms with Crippen molar-refractivity contribution in [3.05, 3.63) is 23.4 Å². The Morgan fingerprint density at radius 1 is 1.53 bits per heavy atom. The van der Waals surface area contributed by atoms with Crippen molar-refractivity contribution < 1.29 is 5.11 Å². The number of nitrogens with zero attached hydrogens (tertiary/aromatic N) is 4. The number of rotatable bonds is 3. The van der Waals surface area contributed by atoms with Crippen molar-refractivity contribution in [1.82, 2.24) is 19.6 Å². The van der Waals surface area contributed by atoms with Crippen LogP contribution in [0.1, 0.15) is 19.2 Å². The zero-order valence-corrected chi connectivity index (χ0v) is 9.02. The molecule has 0 bridgehead atoms. The van der Waals surface area contributed by atoms with Gasteiger partial charge in [-0.3, -0.25) is 4.40 Å². The molecule has 0 radical (unpaired) electrons. The Morgan fingerprint density at radius 2 is 2.33 bits per heavy atom. The van der Waals surface area contributed by atoms with Crippen LogP contribution in [-0.2, 0) is 6.42 Å². The fraction of sp³-hybridized carbons (Fsp3) is 0.444. The molecule has 0 amide bonds. The highest BCUT2D eigenvalue weighted by Gasteiger charge is 2.09. The molecule has 6 heteroatoms. The van der Waals surface area contributed by atoms with Crippen LogP contribution in [0.15, 0.2) is 12.4 Å². The molecule has 0 saturated carbocycles. The fourth-order valence-corrected chi connectivity index (χ4v) is 1.54. The number of aromatic nitrogens is 4. The van der Waals surface area contributed by atoms with Gasteiger partial charge in [0.1, 0.15) is 5.82 Å². The van der Waals surface area contributed by atoms with Gasteiger partial charge >= 0.3 is 0 Å². The van der Waals surface area contributed by atoms with Gasteiger partial charge in [0.2, 0.25) is 0 Å². The first-order valence-electron chi connectivity index (χ1n) is 4.70. The Labute approximate surface area is 91.7 Å². The summed E-state index contributed by atoms with van der Waals surface area (Å²) >= 11 is 5.85. The summed E-state index contributed by atoms with van der Waals surface area (Å²) in [6.45, 7) is 1.75. The maximum Gasteiger partial charge on any atom is 0.198 e. The molecule has 0 aromatic carbocycles. The van der Waals surface area contributed by atoms with Gasteiger partial charge in [-0.2, -0.15) is 0 Å². The van der Waals surface area contributed by atoms with Crippen molar-refractivity contribution in [3.63, 3.8) is 0 Å². The van der Waals surface area contributed by atoms with E-state index in [1.807, 2.05) is 0 Å². The summed E-state index contributed by atoms with van der Waals surface area (Å²) in [7, 11) is 0. The third-order valence-corrected chi connectivity index (χ3v) is 2.41. The van der Waals surface area contributed by atoms with E-state index in [4.69, 9.17) is 11.6 Å². The molecule has 0 fully saturated rings. The van der Waals surface area contributed by atoms with Crippen molar-refractivity contribution in [2.45, 2.75) is 25.9 Å².